The van der Waals surface area contributed by atoms with Gasteiger partial charge in [0.2, 0.25) is 5.91 Å². The predicted octanol–water partition coefficient (Wildman–Crippen LogP) is 1.08. The molecule has 2 bridgehead atoms. The van der Waals surface area contributed by atoms with Gasteiger partial charge in [-0.25, -0.2) is 0 Å². The summed E-state index contributed by atoms with van der Waals surface area (Å²) in [6.07, 6.45) is 1.32. The first-order chi connectivity index (χ1) is 11.0. The summed E-state index contributed by atoms with van der Waals surface area (Å²) in [6.45, 7) is 0. The molecule has 3 heterocycles. The largest absolute Gasteiger partial charge is 0.373 e. The van der Waals surface area contributed by atoms with Gasteiger partial charge in [-0.3, -0.25) is 19.8 Å². The maximum atomic E-state index is 12.4. The second-order valence-electron chi connectivity index (χ2n) is 6.19. The second kappa shape index (κ2) is 5.32. The number of amides is 3. The average molecular weight is 335 g/mol. The van der Waals surface area contributed by atoms with Crippen molar-refractivity contribution in [1.29, 1.82) is 0 Å². The molecule has 3 aliphatic rings. The summed E-state index contributed by atoms with van der Waals surface area (Å²) in [6, 6.07) is 6.85. The van der Waals surface area contributed by atoms with Crippen LogP contribution in [0.2, 0.25) is 5.02 Å². The zero-order valence-electron chi connectivity index (χ0n) is 12.2. The van der Waals surface area contributed by atoms with Crippen molar-refractivity contribution in [2.45, 2.75) is 31.5 Å². The number of benzene rings is 1. The van der Waals surface area contributed by atoms with Gasteiger partial charge >= 0.3 is 0 Å². The molecule has 1 aromatic carbocycles. The number of hydrogen-bond acceptors (Lipinski definition) is 4. The van der Waals surface area contributed by atoms with Crippen molar-refractivity contribution in [2.75, 3.05) is 0 Å². The number of rotatable bonds is 3. The van der Waals surface area contributed by atoms with Crippen molar-refractivity contribution in [2.24, 2.45) is 11.8 Å². The molecule has 0 spiro atoms. The summed E-state index contributed by atoms with van der Waals surface area (Å²) in [5.41, 5.74) is 3.20. The van der Waals surface area contributed by atoms with E-state index in [0.717, 1.165) is 23.4 Å². The summed E-state index contributed by atoms with van der Waals surface area (Å²) in [5, 5.41) is 1.48. The molecule has 3 amide bonds. The van der Waals surface area contributed by atoms with Gasteiger partial charge in [0.15, 0.2) is 0 Å². The highest BCUT2D eigenvalue weighted by Gasteiger charge is 2.62. The lowest BCUT2D eigenvalue weighted by Crippen LogP contribution is -2.48. The summed E-state index contributed by atoms with van der Waals surface area (Å²) < 4.78 is 5.65. The van der Waals surface area contributed by atoms with E-state index in [0.29, 0.717) is 5.02 Å². The Kier molecular flexibility index (Phi) is 3.39. The van der Waals surface area contributed by atoms with Gasteiger partial charge in [-0.15, -0.1) is 0 Å². The number of fused-ring (bicyclic) bond motifs is 5. The molecule has 6 nitrogen and oxygen atoms in total. The molecule has 4 rings (SSSR count). The highest BCUT2D eigenvalue weighted by atomic mass is 35.5. The van der Waals surface area contributed by atoms with Crippen LogP contribution in [0.4, 0.5) is 0 Å². The smallest absolute Gasteiger partial charge is 0.254 e. The first kappa shape index (κ1) is 14.7. The first-order valence-electron chi connectivity index (χ1n) is 7.62. The third-order valence-corrected chi connectivity index (χ3v) is 5.05. The normalized spacial score (nSPS) is 31.6. The van der Waals surface area contributed by atoms with E-state index in [2.05, 4.69) is 5.43 Å². The molecular formula is C16H15ClN2O4. The molecule has 1 N–H and O–H groups in total. The zero-order chi connectivity index (χ0) is 16.1. The number of imide groups is 1. The molecule has 0 unspecified atom stereocenters. The van der Waals surface area contributed by atoms with E-state index in [4.69, 9.17) is 16.3 Å². The van der Waals surface area contributed by atoms with Crippen LogP contribution in [0.25, 0.3) is 0 Å². The van der Waals surface area contributed by atoms with Crippen molar-refractivity contribution in [3.63, 3.8) is 0 Å². The summed E-state index contributed by atoms with van der Waals surface area (Å²) in [5.74, 6) is -1.97. The van der Waals surface area contributed by atoms with Gasteiger partial charge < -0.3 is 4.74 Å². The third-order valence-electron chi connectivity index (χ3n) is 4.80. The molecule has 0 aromatic heterocycles. The van der Waals surface area contributed by atoms with Crippen LogP contribution in [0.3, 0.4) is 0 Å². The van der Waals surface area contributed by atoms with Crippen molar-refractivity contribution >= 4 is 29.3 Å². The standard InChI is InChI=1S/C16H15ClN2O4/c17-9-3-1-8(2-4-9)7-12(20)18-19-15(21)13-10-5-6-11(23-10)14(13)16(19)22/h1-4,10-11,13-14H,5-7H2,(H,18,20)/t10-,11-,13-,14-/m0/s1. The van der Waals surface area contributed by atoms with E-state index in [1.165, 1.54) is 0 Å². The lowest BCUT2D eigenvalue weighted by atomic mass is 9.81. The van der Waals surface area contributed by atoms with Crippen molar-refractivity contribution in [3.8, 4) is 0 Å². The number of nitrogens with zero attached hydrogens (tertiary/aromatic N) is 1. The Labute approximate surface area is 137 Å². The minimum absolute atomic E-state index is 0.0763. The van der Waals surface area contributed by atoms with Gasteiger partial charge in [0, 0.05) is 5.02 Å². The molecule has 3 aliphatic heterocycles. The lowest BCUT2D eigenvalue weighted by Gasteiger charge is -2.18. The van der Waals surface area contributed by atoms with E-state index in [1.807, 2.05) is 0 Å². The van der Waals surface area contributed by atoms with Crippen LogP contribution in [0.15, 0.2) is 24.3 Å². The zero-order valence-corrected chi connectivity index (χ0v) is 13.0. The average Bonchev–Trinajstić information content (AvgIpc) is 3.19. The topological polar surface area (TPSA) is 75.7 Å². The molecule has 120 valence electrons. The van der Waals surface area contributed by atoms with Crippen LogP contribution >= 0.6 is 11.6 Å². The van der Waals surface area contributed by atoms with E-state index in [9.17, 15) is 14.4 Å². The number of carbonyl (C=O) groups is 3. The SMILES string of the molecule is O=C(Cc1ccc(Cl)cc1)NN1C(=O)[C@@H]2[C@@H](C1=O)[C@@H]1CC[C@@H]2O1. The fraction of sp³-hybridized carbons (Fsp3) is 0.438. The van der Waals surface area contributed by atoms with E-state index < -0.39 is 17.7 Å². The first-order valence-corrected chi connectivity index (χ1v) is 7.99. The highest BCUT2D eigenvalue weighted by molar-refractivity contribution is 6.30. The summed E-state index contributed by atoms with van der Waals surface area (Å²) in [4.78, 5) is 36.9. The van der Waals surface area contributed by atoms with Gasteiger partial charge in [0.25, 0.3) is 11.8 Å². The Morgan fingerprint density at radius 3 is 2.26 bits per heavy atom. The van der Waals surface area contributed by atoms with Gasteiger partial charge in [-0.1, -0.05) is 23.7 Å². The maximum Gasteiger partial charge on any atom is 0.254 e. The molecule has 3 fully saturated rings. The van der Waals surface area contributed by atoms with E-state index >= 15 is 0 Å². The number of carbonyl (C=O) groups excluding carboxylic acids is 3. The fourth-order valence-corrected chi connectivity index (χ4v) is 3.90. The predicted molar refractivity (Wildman–Crippen MR) is 80.0 cm³/mol. The molecule has 0 radical (unpaired) electrons. The lowest BCUT2D eigenvalue weighted by molar-refractivity contribution is -0.151. The molecule has 3 saturated heterocycles. The Morgan fingerprint density at radius 2 is 1.70 bits per heavy atom. The van der Waals surface area contributed by atoms with Gasteiger partial charge in [-0.05, 0) is 30.5 Å². The molecule has 0 aliphatic carbocycles. The van der Waals surface area contributed by atoms with Gasteiger partial charge in [0.05, 0.1) is 30.5 Å². The molecule has 4 atom stereocenters. The second-order valence-corrected chi connectivity index (χ2v) is 6.63. The van der Waals surface area contributed by atoms with Crippen LogP contribution in [0.5, 0.6) is 0 Å². The molecule has 1 aromatic rings. The third kappa shape index (κ3) is 2.33. The highest BCUT2D eigenvalue weighted by Crippen LogP contribution is 2.47. The van der Waals surface area contributed by atoms with Crippen LogP contribution in [-0.2, 0) is 25.5 Å². The number of nitrogens with one attached hydrogen (secondary N) is 1. The molecule has 0 saturated carbocycles. The quantitative estimate of drug-likeness (QED) is 0.839. The van der Waals surface area contributed by atoms with Crippen LogP contribution in [0, 0.1) is 11.8 Å². The monoisotopic (exact) mass is 334 g/mol. The fourth-order valence-electron chi connectivity index (χ4n) is 3.77. The van der Waals surface area contributed by atoms with E-state index in [-0.39, 0.29) is 30.4 Å². The van der Waals surface area contributed by atoms with Crippen molar-refractivity contribution in [1.82, 2.24) is 10.4 Å². The summed E-state index contributed by atoms with van der Waals surface area (Å²) in [7, 11) is 0. The minimum atomic E-state index is -0.433. The molecular weight excluding hydrogens is 320 g/mol. The van der Waals surface area contributed by atoms with Crippen molar-refractivity contribution in [3.05, 3.63) is 34.9 Å². The summed E-state index contributed by atoms with van der Waals surface area (Å²) >= 11 is 5.80. The number of hydrogen-bond donors (Lipinski definition) is 1. The Balaban J connectivity index is 1.44. The minimum Gasteiger partial charge on any atom is -0.373 e. The van der Waals surface area contributed by atoms with Crippen LogP contribution < -0.4 is 5.43 Å². The number of ether oxygens (including phenoxy) is 1. The van der Waals surface area contributed by atoms with Crippen molar-refractivity contribution < 1.29 is 19.1 Å². The Morgan fingerprint density at radius 1 is 1.13 bits per heavy atom. The number of halogens is 1. The number of hydrazine groups is 1. The Bertz CT molecular complexity index is 662. The van der Waals surface area contributed by atoms with Crippen LogP contribution in [0.1, 0.15) is 18.4 Å². The molecule has 23 heavy (non-hydrogen) atoms. The molecule has 7 heteroatoms. The maximum absolute atomic E-state index is 12.4. The van der Waals surface area contributed by atoms with Gasteiger partial charge in [-0.2, -0.15) is 5.01 Å². The van der Waals surface area contributed by atoms with Crippen LogP contribution in [-0.4, -0.2) is 34.9 Å². The van der Waals surface area contributed by atoms with E-state index in [1.54, 1.807) is 24.3 Å². The van der Waals surface area contributed by atoms with Gasteiger partial charge in [0.1, 0.15) is 0 Å². The Hall–Kier alpha value is -1.92.